The normalized spacial score (nSPS) is 11.6. The summed E-state index contributed by atoms with van der Waals surface area (Å²) in [5.74, 6) is 0.662. The molecule has 1 amide bonds. The number of methoxy groups -OCH3 is 1. The second-order valence-electron chi connectivity index (χ2n) is 4.52. The van der Waals surface area contributed by atoms with E-state index in [1.807, 2.05) is 6.92 Å². The maximum Gasteiger partial charge on any atom is 0.237 e. The molecule has 8 heteroatoms. The van der Waals surface area contributed by atoms with Crippen LogP contribution in [0.5, 0.6) is 5.75 Å². The zero-order valence-corrected chi connectivity index (χ0v) is 14.5. The SMILES string of the molecule is C=CCNc1nnc(S[C@H](C)C(=O)Nc2ccc(OC)cc2)s1. The summed E-state index contributed by atoms with van der Waals surface area (Å²) in [5.41, 5.74) is 0.730. The Kier molecular flexibility index (Phi) is 6.42. The predicted molar refractivity (Wildman–Crippen MR) is 95.5 cm³/mol. The Morgan fingerprint density at radius 3 is 2.83 bits per heavy atom. The standard InChI is InChI=1S/C15H18N4O2S2/c1-4-9-16-14-18-19-15(23-14)22-10(2)13(20)17-11-5-7-12(21-3)8-6-11/h4-8,10H,1,9H2,2-3H3,(H,16,18)(H,17,20)/t10-/m1/s1. The van der Waals surface area contributed by atoms with Crippen molar-refractivity contribution < 1.29 is 9.53 Å². The van der Waals surface area contributed by atoms with Crippen LogP contribution in [0, 0.1) is 0 Å². The molecule has 1 heterocycles. The number of nitrogens with zero attached hydrogens (tertiary/aromatic N) is 2. The lowest BCUT2D eigenvalue weighted by Crippen LogP contribution is -2.22. The van der Waals surface area contributed by atoms with Gasteiger partial charge in [0.1, 0.15) is 5.75 Å². The fourth-order valence-corrected chi connectivity index (χ4v) is 3.51. The van der Waals surface area contributed by atoms with E-state index in [4.69, 9.17) is 4.74 Å². The minimum absolute atomic E-state index is 0.0871. The molecule has 0 aliphatic carbocycles. The lowest BCUT2D eigenvalue weighted by atomic mass is 10.3. The van der Waals surface area contributed by atoms with Crippen molar-refractivity contribution in [1.29, 1.82) is 0 Å². The largest absolute Gasteiger partial charge is 0.497 e. The number of nitrogens with one attached hydrogen (secondary N) is 2. The fraction of sp³-hybridized carbons (Fsp3) is 0.267. The molecule has 1 aromatic carbocycles. The molecule has 23 heavy (non-hydrogen) atoms. The van der Waals surface area contributed by atoms with Gasteiger partial charge in [0.2, 0.25) is 11.0 Å². The molecule has 122 valence electrons. The second-order valence-corrected chi connectivity index (χ2v) is 7.09. The number of amides is 1. The monoisotopic (exact) mass is 350 g/mol. The minimum Gasteiger partial charge on any atom is -0.497 e. The molecular weight excluding hydrogens is 332 g/mol. The molecule has 0 saturated heterocycles. The number of anilines is 2. The van der Waals surface area contributed by atoms with Crippen molar-refractivity contribution in [2.24, 2.45) is 0 Å². The number of thioether (sulfide) groups is 1. The number of rotatable bonds is 8. The zero-order valence-electron chi connectivity index (χ0n) is 12.9. The molecule has 1 atom stereocenters. The van der Waals surface area contributed by atoms with Crippen LogP contribution in [-0.4, -0.2) is 35.0 Å². The highest BCUT2D eigenvalue weighted by atomic mass is 32.2. The number of hydrogen-bond acceptors (Lipinski definition) is 7. The molecule has 6 nitrogen and oxygen atoms in total. The molecule has 2 rings (SSSR count). The summed E-state index contributed by atoms with van der Waals surface area (Å²) in [6.07, 6.45) is 1.75. The fourth-order valence-electron chi connectivity index (χ4n) is 1.61. The third-order valence-electron chi connectivity index (χ3n) is 2.81. The van der Waals surface area contributed by atoms with Crippen molar-refractivity contribution in [2.75, 3.05) is 24.3 Å². The van der Waals surface area contributed by atoms with Crippen LogP contribution >= 0.6 is 23.1 Å². The zero-order chi connectivity index (χ0) is 16.7. The van der Waals surface area contributed by atoms with Gasteiger partial charge in [0.05, 0.1) is 12.4 Å². The Balaban J connectivity index is 1.88. The Morgan fingerprint density at radius 2 is 2.17 bits per heavy atom. The second kappa shape index (κ2) is 8.54. The number of benzene rings is 1. The molecule has 0 radical (unpaired) electrons. The molecule has 0 aliphatic rings. The summed E-state index contributed by atoms with van der Waals surface area (Å²) < 4.78 is 5.83. The minimum atomic E-state index is -0.280. The highest BCUT2D eigenvalue weighted by Gasteiger charge is 2.17. The lowest BCUT2D eigenvalue weighted by molar-refractivity contribution is -0.115. The van der Waals surface area contributed by atoms with E-state index in [2.05, 4.69) is 27.4 Å². The first-order valence-corrected chi connectivity index (χ1v) is 8.62. The Morgan fingerprint density at radius 1 is 1.43 bits per heavy atom. The van der Waals surface area contributed by atoms with Gasteiger partial charge in [-0.2, -0.15) is 0 Å². The van der Waals surface area contributed by atoms with Crippen molar-refractivity contribution in [2.45, 2.75) is 16.5 Å². The summed E-state index contributed by atoms with van der Waals surface area (Å²) >= 11 is 2.79. The molecule has 0 saturated carbocycles. The molecule has 0 unspecified atom stereocenters. The van der Waals surface area contributed by atoms with Gasteiger partial charge in [-0.1, -0.05) is 29.2 Å². The van der Waals surface area contributed by atoms with Gasteiger partial charge in [0.15, 0.2) is 4.34 Å². The van der Waals surface area contributed by atoms with Gasteiger partial charge in [-0.05, 0) is 31.2 Å². The van der Waals surface area contributed by atoms with E-state index in [9.17, 15) is 4.79 Å². The lowest BCUT2D eigenvalue weighted by Gasteiger charge is -2.10. The van der Waals surface area contributed by atoms with Gasteiger partial charge >= 0.3 is 0 Å². The number of carbonyl (C=O) groups is 1. The predicted octanol–water partition coefficient (Wildman–Crippen LogP) is 3.26. The number of carbonyl (C=O) groups excluding carboxylic acids is 1. The Labute approximate surface area is 143 Å². The van der Waals surface area contributed by atoms with Gasteiger partial charge in [-0.25, -0.2) is 0 Å². The summed E-state index contributed by atoms with van der Waals surface area (Å²) in [6, 6.07) is 7.21. The summed E-state index contributed by atoms with van der Waals surface area (Å²) in [7, 11) is 1.60. The smallest absolute Gasteiger partial charge is 0.237 e. The summed E-state index contributed by atoms with van der Waals surface area (Å²) in [4.78, 5) is 12.2. The molecule has 2 aromatic rings. The maximum absolute atomic E-state index is 12.2. The van der Waals surface area contributed by atoms with Crippen molar-refractivity contribution in [3.63, 3.8) is 0 Å². The number of aromatic nitrogens is 2. The van der Waals surface area contributed by atoms with Crippen LogP contribution in [0.4, 0.5) is 10.8 Å². The van der Waals surface area contributed by atoms with Crippen LogP contribution in [0.1, 0.15) is 6.92 Å². The Hall–Kier alpha value is -2.06. The van der Waals surface area contributed by atoms with Crippen LogP contribution in [0.25, 0.3) is 0 Å². The van der Waals surface area contributed by atoms with Crippen molar-refractivity contribution >= 4 is 39.8 Å². The average molecular weight is 350 g/mol. The third kappa shape index (κ3) is 5.26. The molecule has 0 bridgehead atoms. The molecule has 0 aliphatic heterocycles. The van der Waals surface area contributed by atoms with Crippen LogP contribution in [0.3, 0.4) is 0 Å². The van der Waals surface area contributed by atoms with E-state index < -0.39 is 0 Å². The van der Waals surface area contributed by atoms with Gasteiger partial charge in [0.25, 0.3) is 0 Å². The van der Waals surface area contributed by atoms with E-state index in [-0.39, 0.29) is 11.2 Å². The van der Waals surface area contributed by atoms with Gasteiger partial charge in [0, 0.05) is 12.2 Å². The van der Waals surface area contributed by atoms with Crippen LogP contribution < -0.4 is 15.4 Å². The summed E-state index contributed by atoms with van der Waals surface area (Å²) in [5, 5.41) is 14.4. The molecule has 0 spiro atoms. The van der Waals surface area contributed by atoms with Gasteiger partial charge in [-0.15, -0.1) is 16.8 Å². The number of hydrogen-bond donors (Lipinski definition) is 2. The third-order valence-corrected chi connectivity index (χ3v) is 4.87. The maximum atomic E-state index is 12.2. The average Bonchev–Trinajstić information content (AvgIpc) is 3.01. The van der Waals surface area contributed by atoms with Crippen LogP contribution in [0.2, 0.25) is 0 Å². The van der Waals surface area contributed by atoms with Crippen LogP contribution in [-0.2, 0) is 4.79 Å². The quantitative estimate of drug-likeness (QED) is 0.562. The molecule has 0 fully saturated rings. The van der Waals surface area contributed by atoms with E-state index in [1.165, 1.54) is 23.1 Å². The Bertz CT molecular complexity index is 658. The van der Waals surface area contributed by atoms with Gasteiger partial charge < -0.3 is 15.4 Å². The molecule has 1 aromatic heterocycles. The first-order valence-electron chi connectivity index (χ1n) is 6.92. The van der Waals surface area contributed by atoms with E-state index in [1.54, 1.807) is 37.5 Å². The van der Waals surface area contributed by atoms with E-state index in [0.717, 1.165) is 20.9 Å². The molecular formula is C15H18N4O2S2. The highest BCUT2D eigenvalue weighted by Crippen LogP contribution is 2.29. The first kappa shape index (κ1) is 17.3. The van der Waals surface area contributed by atoms with Crippen molar-refractivity contribution in [3.05, 3.63) is 36.9 Å². The van der Waals surface area contributed by atoms with Crippen LogP contribution in [0.15, 0.2) is 41.3 Å². The van der Waals surface area contributed by atoms with E-state index in [0.29, 0.717) is 6.54 Å². The highest BCUT2D eigenvalue weighted by molar-refractivity contribution is 8.02. The van der Waals surface area contributed by atoms with Crippen molar-refractivity contribution in [3.8, 4) is 5.75 Å². The summed E-state index contributed by atoms with van der Waals surface area (Å²) in [6.45, 7) is 6.10. The topological polar surface area (TPSA) is 76.1 Å². The molecule has 2 N–H and O–H groups in total. The number of ether oxygens (including phenoxy) is 1. The first-order chi connectivity index (χ1) is 11.1. The van der Waals surface area contributed by atoms with Crippen molar-refractivity contribution in [1.82, 2.24) is 10.2 Å². The van der Waals surface area contributed by atoms with Gasteiger partial charge in [-0.3, -0.25) is 4.79 Å². The van der Waals surface area contributed by atoms with E-state index >= 15 is 0 Å².